The molecule has 1 unspecified atom stereocenters. The van der Waals surface area contributed by atoms with Gasteiger partial charge in [-0.25, -0.2) is 0 Å². The third-order valence-corrected chi connectivity index (χ3v) is 3.37. The first-order chi connectivity index (χ1) is 9.08. The summed E-state index contributed by atoms with van der Waals surface area (Å²) < 4.78 is 0. The van der Waals surface area contributed by atoms with E-state index in [1.165, 1.54) is 0 Å². The molecule has 1 aliphatic heterocycles. The molecule has 1 aliphatic rings. The molecule has 0 bridgehead atoms. The third kappa shape index (κ3) is 2.40. The molecule has 1 heterocycles. The largest absolute Gasteiger partial charge is 0.349 e. The Kier molecular flexibility index (Phi) is 3.72. The molecule has 2 rings (SSSR count). The number of nitriles is 1. The average molecular weight is 278 g/mol. The van der Waals surface area contributed by atoms with E-state index < -0.39 is 6.04 Å². The number of carbonyl (C=O) groups excluding carboxylic acids is 2. The standard InChI is InChI=1S/C13H12ClN3O2/c1-2-10-13(19)16-12(18)7-17(10)11-5-3-4-9(14)8(11)6-15/h3-5,10H,2,7H2,1H3,(H,16,18,19). The third-order valence-electron chi connectivity index (χ3n) is 3.05. The van der Waals surface area contributed by atoms with E-state index in [2.05, 4.69) is 5.32 Å². The van der Waals surface area contributed by atoms with Crippen LogP contribution in [0.15, 0.2) is 18.2 Å². The number of rotatable bonds is 2. The molecule has 1 fully saturated rings. The Morgan fingerprint density at radius 2 is 2.26 bits per heavy atom. The first-order valence-corrected chi connectivity index (χ1v) is 6.25. The molecule has 0 aromatic heterocycles. The molecule has 0 spiro atoms. The van der Waals surface area contributed by atoms with E-state index in [9.17, 15) is 14.9 Å². The SMILES string of the molecule is CCC1C(=O)NC(=O)CN1c1cccc(Cl)c1C#N. The van der Waals surface area contributed by atoms with Crippen molar-refractivity contribution in [2.75, 3.05) is 11.4 Å². The molecule has 0 aliphatic carbocycles. The number of imide groups is 1. The summed E-state index contributed by atoms with van der Waals surface area (Å²) in [6.45, 7) is 1.89. The van der Waals surface area contributed by atoms with Gasteiger partial charge in [-0.05, 0) is 18.6 Å². The molecule has 1 aromatic carbocycles. The van der Waals surface area contributed by atoms with Gasteiger partial charge in [-0.1, -0.05) is 24.6 Å². The molecule has 5 nitrogen and oxygen atoms in total. The van der Waals surface area contributed by atoms with Crippen molar-refractivity contribution in [3.05, 3.63) is 28.8 Å². The maximum atomic E-state index is 11.8. The predicted molar refractivity (Wildman–Crippen MR) is 70.7 cm³/mol. The van der Waals surface area contributed by atoms with Crippen LogP contribution < -0.4 is 10.2 Å². The Labute approximate surface area is 115 Å². The fourth-order valence-electron chi connectivity index (χ4n) is 2.19. The molecular formula is C13H12ClN3O2. The van der Waals surface area contributed by atoms with E-state index in [-0.39, 0.29) is 23.9 Å². The van der Waals surface area contributed by atoms with Crippen molar-refractivity contribution >= 4 is 29.1 Å². The highest BCUT2D eigenvalue weighted by Gasteiger charge is 2.33. The molecule has 98 valence electrons. The van der Waals surface area contributed by atoms with Crippen LogP contribution in [0.25, 0.3) is 0 Å². The van der Waals surface area contributed by atoms with Crippen LogP contribution in [0.1, 0.15) is 18.9 Å². The van der Waals surface area contributed by atoms with E-state index in [0.29, 0.717) is 17.1 Å². The normalized spacial score (nSPS) is 19.0. The lowest BCUT2D eigenvalue weighted by molar-refractivity contribution is -0.132. The minimum Gasteiger partial charge on any atom is -0.349 e. The smallest absolute Gasteiger partial charge is 0.249 e. The topological polar surface area (TPSA) is 73.2 Å². The van der Waals surface area contributed by atoms with Gasteiger partial charge in [0, 0.05) is 0 Å². The summed E-state index contributed by atoms with van der Waals surface area (Å²) in [4.78, 5) is 25.0. The maximum absolute atomic E-state index is 11.8. The summed E-state index contributed by atoms with van der Waals surface area (Å²) in [7, 11) is 0. The lowest BCUT2D eigenvalue weighted by Crippen LogP contribution is -2.58. The van der Waals surface area contributed by atoms with Crippen molar-refractivity contribution in [2.45, 2.75) is 19.4 Å². The van der Waals surface area contributed by atoms with Crippen LogP contribution in [-0.4, -0.2) is 24.4 Å². The van der Waals surface area contributed by atoms with Gasteiger partial charge in [0.15, 0.2) is 0 Å². The Balaban J connectivity index is 2.50. The minimum atomic E-state index is -0.469. The molecule has 1 N–H and O–H groups in total. The Hall–Kier alpha value is -2.06. The number of anilines is 1. The second kappa shape index (κ2) is 5.29. The summed E-state index contributed by atoms with van der Waals surface area (Å²) in [5, 5.41) is 11.8. The summed E-state index contributed by atoms with van der Waals surface area (Å²) in [6, 6.07) is 6.55. The van der Waals surface area contributed by atoms with Gasteiger partial charge >= 0.3 is 0 Å². The molecule has 6 heteroatoms. The highest BCUT2D eigenvalue weighted by molar-refractivity contribution is 6.32. The quantitative estimate of drug-likeness (QED) is 0.831. The number of halogens is 1. The van der Waals surface area contributed by atoms with Crippen LogP contribution in [0.3, 0.4) is 0 Å². The number of piperazine rings is 1. The zero-order valence-electron chi connectivity index (χ0n) is 10.3. The molecule has 19 heavy (non-hydrogen) atoms. The Bertz CT molecular complexity index is 580. The molecule has 1 atom stereocenters. The molecular weight excluding hydrogens is 266 g/mol. The first-order valence-electron chi connectivity index (χ1n) is 5.87. The van der Waals surface area contributed by atoms with Crippen molar-refractivity contribution in [1.29, 1.82) is 5.26 Å². The second-order valence-corrected chi connectivity index (χ2v) is 4.62. The number of nitrogens with zero attached hydrogens (tertiary/aromatic N) is 2. The summed E-state index contributed by atoms with van der Waals surface area (Å²) >= 11 is 5.98. The number of benzene rings is 1. The maximum Gasteiger partial charge on any atom is 0.249 e. The van der Waals surface area contributed by atoms with Gasteiger partial charge < -0.3 is 4.90 Å². The monoisotopic (exact) mass is 277 g/mol. The first kappa shape index (κ1) is 13.4. The average Bonchev–Trinajstić information content (AvgIpc) is 2.37. The molecule has 2 amide bonds. The fraction of sp³-hybridized carbons (Fsp3) is 0.308. The number of nitrogens with one attached hydrogen (secondary N) is 1. The van der Waals surface area contributed by atoms with Crippen molar-refractivity contribution in [3.63, 3.8) is 0 Å². The van der Waals surface area contributed by atoms with Crippen molar-refractivity contribution in [2.24, 2.45) is 0 Å². The second-order valence-electron chi connectivity index (χ2n) is 4.21. The van der Waals surface area contributed by atoms with Crippen LogP contribution in [0, 0.1) is 11.3 Å². The van der Waals surface area contributed by atoms with E-state index in [1.54, 1.807) is 23.1 Å². The van der Waals surface area contributed by atoms with Crippen LogP contribution in [0.5, 0.6) is 0 Å². The van der Waals surface area contributed by atoms with Crippen molar-refractivity contribution < 1.29 is 9.59 Å². The van der Waals surface area contributed by atoms with Crippen LogP contribution in [-0.2, 0) is 9.59 Å². The minimum absolute atomic E-state index is 0.0409. The van der Waals surface area contributed by atoms with Gasteiger partial charge in [0.1, 0.15) is 12.1 Å². The van der Waals surface area contributed by atoms with Gasteiger partial charge in [0.2, 0.25) is 11.8 Å². The van der Waals surface area contributed by atoms with Gasteiger partial charge in [0.05, 0.1) is 22.8 Å². The fourth-order valence-corrected chi connectivity index (χ4v) is 2.40. The van der Waals surface area contributed by atoms with Gasteiger partial charge in [-0.3, -0.25) is 14.9 Å². The predicted octanol–water partition coefficient (Wildman–Crippen LogP) is 1.45. The van der Waals surface area contributed by atoms with Gasteiger partial charge in [0.25, 0.3) is 0 Å². The zero-order valence-corrected chi connectivity index (χ0v) is 11.1. The highest BCUT2D eigenvalue weighted by Crippen LogP contribution is 2.29. The van der Waals surface area contributed by atoms with E-state index in [1.807, 2.05) is 13.0 Å². The number of carbonyl (C=O) groups is 2. The summed E-state index contributed by atoms with van der Waals surface area (Å²) in [5.41, 5.74) is 0.801. The Morgan fingerprint density at radius 1 is 1.53 bits per heavy atom. The van der Waals surface area contributed by atoms with Crippen molar-refractivity contribution in [3.8, 4) is 6.07 Å². The lowest BCUT2D eigenvalue weighted by atomic mass is 10.1. The van der Waals surface area contributed by atoms with Crippen LogP contribution in [0.4, 0.5) is 5.69 Å². The molecule has 1 aromatic rings. The Morgan fingerprint density at radius 3 is 2.89 bits per heavy atom. The molecule has 1 saturated heterocycles. The summed E-state index contributed by atoms with van der Waals surface area (Å²) in [5.74, 6) is -0.721. The number of amides is 2. The molecule has 0 saturated carbocycles. The summed E-state index contributed by atoms with van der Waals surface area (Å²) in [6.07, 6.45) is 0.538. The molecule has 0 radical (unpaired) electrons. The zero-order chi connectivity index (χ0) is 14.0. The number of hydrogen-bond donors (Lipinski definition) is 1. The highest BCUT2D eigenvalue weighted by atomic mass is 35.5. The van der Waals surface area contributed by atoms with E-state index in [0.717, 1.165) is 0 Å². The van der Waals surface area contributed by atoms with Crippen LogP contribution >= 0.6 is 11.6 Å². The van der Waals surface area contributed by atoms with Gasteiger partial charge in [-0.2, -0.15) is 5.26 Å². The number of hydrogen-bond acceptors (Lipinski definition) is 4. The van der Waals surface area contributed by atoms with Crippen molar-refractivity contribution in [1.82, 2.24) is 5.32 Å². The van der Waals surface area contributed by atoms with E-state index >= 15 is 0 Å². The van der Waals surface area contributed by atoms with Crippen LogP contribution in [0.2, 0.25) is 5.02 Å². The lowest BCUT2D eigenvalue weighted by Gasteiger charge is -2.35. The van der Waals surface area contributed by atoms with E-state index in [4.69, 9.17) is 11.6 Å². The van der Waals surface area contributed by atoms with Gasteiger partial charge in [-0.15, -0.1) is 0 Å².